The van der Waals surface area contributed by atoms with Gasteiger partial charge in [-0.15, -0.1) is 0 Å². The van der Waals surface area contributed by atoms with E-state index in [9.17, 15) is 38.4 Å². The van der Waals surface area contributed by atoms with Crippen molar-refractivity contribution >= 4 is 65.3 Å². The van der Waals surface area contributed by atoms with Crippen LogP contribution in [0.4, 0.5) is 15.3 Å². The molecule has 4 aromatic carbocycles. The largest absolute Gasteiger partial charge is 0.493 e. The molecule has 27 heteroatoms. The first-order chi connectivity index (χ1) is 43.3. The highest BCUT2D eigenvalue weighted by atomic mass is 16.6. The van der Waals surface area contributed by atoms with Crippen LogP contribution in [-0.2, 0) is 51.9 Å². The Balaban J connectivity index is 0.901. The molecule has 90 heavy (non-hydrogen) atoms. The Kier molecular flexibility index (Phi) is 22.8. The van der Waals surface area contributed by atoms with E-state index >= 15 is 0 Å². The zero-order valence-corrected chi connectivity index (χ0v) is 50.5. The number of carbonyl (C=O) groups excluding carboxylic acids is 8. The summed E-state index contributed by atoms with van der Waals surface area (Å²) in [6, 6.07) is 21.8. The fourth-order valence-electron chi connectivity index (χ4n) is 12.0. The lowest BCUT2D eigenvalue weighted by Gasteiger charge is -2.53. The van der Waals surface area contributed by atoms with E-state index in [1.54, 1.807) is 67.8 Å². The number of guanidine groups is 2. The van der Waals surface area contributed by atoms with Crippen molar-refractivity contribution in [3.63, 3.8) is 0 Å². The number of unbranched alkanes of at least 4 members (excludes halogenated alkanes) is 1. The zero-order valence-electron chi connectivity index (χ0n) is 50.5. The van der Waals surface area contributed by atoms with E-state index in [1.807, 2.05) is 18.2 Å². The van der Waals surface area contributed by atoms with E-state index in [2.05, 4.69) is 48.6 Å². The summed E-state index contributed by atoms with van der Waals surface area (Å²) in [5.74, 6) is -1.31. The van der Waals surface area contributed by atoms with Crippen LogP contribution in [0.3, 0.4) is 0 Å². The first-order valence-electron chi connectivity index (χ1n) is 29.9. The molecule has 0 radical (unpaired) electrons. The van der Waals surface area contributed by atoms with Gasteiger partial charge in [0.05, 0.1) is 25.8 Å². The molecule has 3 aliphatic carbocycles. The molecule has 1 saturated carbocycles. The third-order valence-corrected chi connectivity index (χ3v) is 16.3. The monoisotopic (exact) mass is 1240 g/mol. The van der Waals surface area contributed by atoms with Crippen LogP contribution in [0, 0.1) is 22.7 Å². The summed E-state index contributed by atoms with van der Waals surface area (Å²) in [6.07, 6.45) is 4.92. The van der Waals surface area contributed by atoms with Crippen molar-refractivity contribution in [2.75, 3.05) is 58.8 Å². The average molecular weight is 1240 g/mol. The number of methoxy groups -OCH3 is 1. The highest BCUT2D eigenvalue weighted by Crippen LogP contribution is 2.66. The Morgan fingerprint density at radius 2 is 1.46 bits per heavy atom. The van der Waals surface area contributed by atoms with Crippen LogP contribution in [0.15, 0.2) is 103 Å². The molecule has 14 N–H and O–H groups in total. The van der Waals surface area contributed by atoms with Crippen LogP contribution < -0.4 is 72.9 Å². The number of nitrogens with zero attached hydrogens (tertiary/aromatic N) is 1. The quantitative estimate of drug-likeness (QED) is 0.0116. The number of hydrogen-bond acceptors (Lipinski definition) is 16. The third-order valence-electron chi connectivity index (χ3n) is 16.3. The van der Waals surface area contributed by atoms with Crippen molar-refractivity contribution < 1.29 is 66.8 Å². The van der Waals surface area contributed by atoms with Gasteiger partial charge in [-0.25, -0.2) is 14.4 Å². The number of benzene rings is 4. The van der Waals surface area contributed by atoms with Crippen LogP contribution >= 0.6 is 0 Å². The number of anilines is 1. The van der Waals surface area contributed by atoms with Crippen LogP contribution in [-0.4, -0.2) is 142 Å². The summed E-state index contributed by atoms with van der Waals surface area (Å²) >= 11 is 0. The maximum atomic E-state index is 14.5. The molecule has 2 bridgehead atoms. The van der Waals surface area contributed by atoms with E-state index in [0.29, 0.717) is 41.0 Å². The Morgan fingerprint density at radius 1 is 0.756 bits per heavy atom. The standard InChI is InChI=1S/C63H79N13O14/c1-37(77)71-35-51(78)74-46(15-10-30-70-59(64)65)56(80)72-34-48(76(2)62(84)89-50-27-25-45-40-13-9-28-63(45)52-41(33-40)18-26-49(85-3)53(52)90-54(50)63)57(81)68-29-8-7-14-47(75-61(83)87-36-38-11-5-4-6-12-38)55(79)69-31-32-86-43-21-16-39(17-22-43)58(82)88-44-23-19-42(20-24-44)73-60(66)67/h4-6,11-12,16-24,26-27,40,45-48,54H,7-10,13-15,25,28-36H2,1-3H3,(H,68,81)(H,69,79)(H,71,77)(H,72,80)(H,74,78)(H,75,83)(H4,64,65,70)(H4,66,67,73)/t40-,45+,46+,47+,48?,54+,63+/m1/s1. The van der Waals surface area contributed by atoms with Crippen molar-refractivity contribution in [3.05, 3.63) is 125 Å². The second kappa shape index (κ2) is 31.2. The molecule has 1 unspecified atom stereocenters. The van der Waals surface area contributed by atoms with Crippen molar-refractivity contribution in [2.45, 2.75) is 107 Å². The van der Waals surface area contributed by atoms with Gasteiger partial charge in [0.2, 0.25) is 29.5 Å². The molecule has 1 fully saturated rings. The predicted octanol–water partition coefficient (Wildman–Crippen LogP) is 3.69. The van der Waals surface area contributed by atoms with Crippen molar-refractivity contribution in [2.24, 2.45) is 23.3 Å². The Morgan fingerprint density at radius 3 is 2.18 bits per heavy atom. The minimum absolute atomic E-state index is 0.0153. The van der Waals surface area contributed by atoms with Gasteiger partial charge in [0.1, 0.15) is 48.6 Å². The van der Waals surface area contributed by atoms with Crippen molar-refractivity contribution in [1.29, 1.82) is 10.8 Å². The van der Waals surface area contributed by atoms with E-state index in [1.165, 1.54) is 31.7 Å². The lowest BCUT2D eigenvalue weighted by atomic mass is 9.49. The number of hydrogen-bond donors (Lipinski definition) is 12. The number of nitrogens with one attached hydrogen (secondary N) is 10. The lowest BCUT2D eigenvalue weighted by molar-refractivity contribution is -0.130. The average Bonchev–Trinajstić information content (AvgIpc) is 1.47. The van der Waals surface area contributed by atoms with E-state index in [-0.39, 0.29) is 94.1 Å². The first kappa shape index (κ1) is 65.9. The van der Waals surface area contributed by atoms with Crippen LogP contribution in [0.2, 0.25) is 0 Å². The number of ether oxygens (including phenoxy) is 6. The summed E-state index contributed by atoms with van der Waals surface area (Å²) in [5, 5.41) is 36.2. The van der Waals surface area contributed by atoms with Gasteiger partial charge in [0, 0.05) is 50.3 Å². The van der Waals surface area contributed by atoms with Gasteiger partial charge in [0.25, 0.3) is 0 Å². The normalized spacial score (nSPS) is 18.1. The number of likely N-dealkylation sites (N-methyl/N-ethyl adjacent to an activating group) is 1. The Labute approximate surface area is 520 Å². The molecule has 1 spiro atoms. The summed E-state index contributed by atoms with van der Waals surface area (Å²) in [5.41, 5.74) is 14.2. The molecule has 0 aromatic heterocycles. The second-order valence-electron chi connectivity index (χ2n) is 22.4. The first-order valence-corrected chi connectivity index (χ1v) is 29.9. The Bertz CT molecular complexity index is 3300. The predicted molar refractivity (Wildman–Crippen MR) is 329 cm³/mol. The third kappa shape index (κ3) is 17.2. The molecule has 0 saturated heterocycles. The number of carbonyl (C=O) groups is 8. The van der Waals surface area contributed by atoms with E-state index < -0.39 is 90.4 Å². The van der Waals surface area contributed by atoms with Crippen molar-refractivity contribution in [1.82, 2.24) is 42.1 Å². The fraction of sp³-hybridized carbons (Fsp3) is 0.429. The lowest BCUT2D eigenvalue weighted by Crippen LogP contribution is -2.57. The maximum Gasteiger partial charge on any atom is 0.415 e. The molecule has 1 aliphatic heterocycles. The summed E-state index contributed by atoms with van der Waals surface area (Å²) in [7, 11) is 2.96. The molecule has 7 amide bonds. The van der Waals surface area contributed by atoms with Gasteiger partial charge in [-0.05, 0) is 141 Å². The van der Waals surface area contributed by atoms with E-state index in [4.69, 9.17) is 50.7 Å². The van der Waals surface area contributed by atoms with Gasteiger partial charge < -0.3 is 82.4 Å². The van der Waals surface area contributed by atoms with Gasteiger partial charge in [-0.2, -0.15) is 0 Å². The Hall–Kier alpha value is -10.1. The van der Waals surface area contributed by atoms with Crippen LogP contribution in [0.25, 0.3) is 0 Å². The van der Waals surface area contributed by atoms with Crippen LogP contribution in [0.5, 0.6) is 23.0 Å². The number of allylic oxidation sites excluding steroid dienone is 1. The number of amides is 7. The van der Waals surface area contributed by atoms with Gasteiger partial charge in [0.15, 0.2) is 29.5 Å². The minimum atomic E-state index is -1.39. The van der Waals surface area contributed by atoms with E-state index in [0.717, 1.165) is 41.7 Å². The highest BCUT2D eigenvalue weighted by Gasteiger charge is 2.64. The minimum Gasteiger partial charge on any atom is -0.493 e. The van der Waals surface area contributed by atoms with Gasteiger partial charge in [-0.1, -0.05) is 42.8 Å². The molecular formula is C63H79N13O14. The maximum absolute atomic E-state index is 14.5. The number of esters is 1. The molecule has 27 nitrogen and oxygen atoms in total. The SMILES string of the molecule is COc1ccc2c3c1O[C@H]1C(OC(=O)N(C)C(CNC(=O)[C@H](CCCNC(=N)N)NC(=O)CNC(C)=O)C(=O)NCCCC[C@H](NC(=O)OCc4ccccc4)C(=O)NCCOc4ccc(C(=O)Oc5ccc(NC(=N)N)cc5)cc4)=CC[C@H]4[C@H](CCC[C@]314)C2. The zero-order chi connectivity index (χ0) is 64.3. The molecule has 4 aliphatic rings. The topological polar surface area (TPSA) is 391 Å². The number of alkyl carbamates (subject to hydrolysis) is 1. The molecule has 1 heterocycles. The molecule has 8 rings (SSSR count). The summed E-state index contributed by atoms with van der Waals surface area (Å²) < 4.78 is 35.5. The molecule has 7 atom stereocenters. The molecule has 4 aromatic rings. The van der Waals surface area contributed by atoms with Gasteiger partial charge >= 0.3 is 18.2 Å². The number of nitrogens with two attached hydrogens (primary N) is 2. The van der Waals surface area contributed by atoms with Crippen LogP contribution in [0.1, 0.15) is 91.8 Å². The summed E-state index contributed by atoms with van der Waals surface area (Å²) in [4.78, 5) is 108. The molecular weight excluding hydrogens is 1160 g/mol. The number of rotatable bonds is 30. The van der Waals surface area contributed by atoms with Crippen molar-refractivity contribution in [3.8, 4) is 23.0 Å². The molecule has 480 valence electrons. The second-order valence-corrected chi connectivity index (χ2v) is 22.4. The fourth-order valence-corrected chi connectivity index (χ4v) is 12.0. The summed E-state index contributed by atoms with van der Waals surface area (Å²) in [6.45, 7) is 0.579. The van der Waals surface area contributed by atoms with Gasteiger partial charge in [-0.3, -0.25) is 39.7 Å². The smallest absolute Gasteiger partial charge is 0.415 e. The highest BCUT2D eigenvalue weighted by molar-refractivity contribution is 5.93.